The largest absolute Gasteiger partial charge is 0.487 e. The number of alkyl halides is 2. The van der Waals surface area contributed by atoms with Gasteiger partial charge in [-0.2, -0.15) is 0 Å². The molecule has 102 valence electrons. The molecule has 1 aromatic carbocycles. The van der Waals surface area contributed by atoms with Crippen molar-refractivity contribution < 1.29 is 22.6 Å². The van der Waals surface area contributed by atoms with E-state index in [1.807, 2.05) is 0 Å². The fraction of sp³-hybridized carbons (Fsp3) is 0.500. The fourth-order valence-electron chi connectivity index (χ4n) is 1.38. The smallest absolute Gasteiger partial charge is 0.272 e. The second kappa shape index (κ2) is 7.94. The van der Waals surface area contributed by atoms with Gasteiger partial charge in [0.1, 0.15) is 18.2 Å². The van der Waals surface area contributed by atoms with Crippen molar-refractivity contribution in [2.24, 2.45) is 0 Å². The molecule has 1 rings (SSSR count). The van der Waals surface area contributed by atoms with E-state index in [0.29, 0.717) is 25.3 Å². The molecule has 1 aromatic rings. The van der Waals surface area contributed by atoms with Crippen molar-refractivity contribution >= 4 is 0 Å². The molecule has 18 heavy (non-hydrogen) atoms. The van der Waals surface area contributed by atoms with Crippen molar-refractivity contribution in [3.63, 3.8) is 0 Å². The third-order valence-electron chi connectivity index (χ3n) is 2.19. The maximum atomic E-state index is 13.1. The Bertz CT molecular complexity index is 361. The van der Waals surface area contributed by atoms with Gasteiger partial charge < -0.3 is 14.8 Å². The summed E-state index contributed by atoms with van der Waals surface area (Å²) >= 11 is 0. The number of hydrogen-bond acceptors (Lipinski definition) is 3. The maximum absolute atomic E-state index is 13.1. The van der Waals surface area contributed by atoms with Crippen LogP contribution in [-0.2, 0) is 11.3 Å². The van der Waals surface area contributed by atoms with Crippen LogP contribution in [0, 0.1) is 5.82 Å². The number of hydrogen-bond donors (Lipinski definition) is 1. The van der Waals surface area contributed by atoms with Gasteiger partial charge in [-0.3, -0.25) is 0 Å². The summed E-state index contributed by atoms with van der Waals surface area (Å²) < 4.78 is 46.9. The first kappa shape index (κ1) is 14.8. The molecule has 0 unspecified atom stereocenters. The molecular weight excluding hydrogens is 247 g/mol. The predicted molar refractivity (Wildman–Crippen MR) is 61.5 cm³/mol. The summed E-state index contributed by atoms with van der Waals surface area (Å²) in [6.45, 7) is 0.736. The molecule has 0 aliphatic rings. The first-order chi connectivity index (χ1) is 8.63. The second-order valence-corrected chi connectivity index (χ2v) is 3.62. The van der Waals surface area contributed by atoms with Crippen molar-refractivity contribution in [3.8, 4) is 5.75 Å². The lowest BCUT2D eigenvalue weighted by atomic mass is 10.2. The summed E-state index contributed by atoms with van der Waals surface area (Å²) in [5.74, 6) is -0.162. The zero-order chi connectivity index (χ0) is 13.4. The summed E-state index contributed by atoms with van der Waals surface area (Å²) in [6, 6.07) is 3.80. The molecule has 0 fully saturated rings. The topological polar surface area (TPSA) is 30.5 Å². The molecule has 6 heteroatoms. The zero-order valence-corrected chi connectivity index (χ0v) is 10.1. The molecule has 0 saturated heterocycles. The number of methoxy groups -OCH3 is 1. The molecule has 0 bridgehead atoms. The Kier molecular flexibility index (Phi) is 6.53. The number of rotatable bonds is 8. The molecule has 0 aliphatic carbocycles. The van der Waals surface area contributed by atoms with Gasteiger partial charge in [0.25, 0.3) is 6.43 Å². The number of halogens is 3. The fourth-order valence-corrected chi connectivity index (χ4v) is 1.38. The Balaban J connectivity index is 2.58. The summed E-state index contributed by atoms with van der Waals surface area (Å²) in [7, 11) is 1.57. The molecular formula is C12H16F3NO2. The molecule has 0 spiro atoms. The quantitative estimate of drug-likeness (QED) is 0.729. The lowest BCUT2D eigenvalue weighted by Gasteiger charge is -2.12. The second-order valence-electron chi connectivity index (χ2n) is 3.62. The number of nitrogens with one attached hydrogen (secondary N) is 1. The van der Waals surface area contributed by atoms with Crippen LogP contribution in [0.4, 0.5) is 13.2 Å². The van der Waals surface area contributed by atoms with E-state index in [4.69, 9.17) is 9.47 Å². The van der Waals surface area contributed by atoms with Crippen molar-refractivity contribution in [2.45, 2.75) is 13.0 Å². The van der Waals surface area contributed by atoms with Crippen LogP contribution in [0.15, 0.2) is 18.2 Å². The number of benzene rings is 1. The molecule has 0 radical (unpaired) electrons. The Morgan fingerprint density at radius 1 is 1.33 bits per heavy atom. The molecule has 0 aliphatic heterocycles. The van der Waals surface area contributed by atoms with Crippen LogP contribution in [0.2, 0.25) is 0 Å². The normalized spacial score (nSPS) is 10.9. The molecule has 0 heterocycles. The van der Waals surface area contributed by atoms with E-state index in [1.165, 1.54) is 18.2 Å². The molecule has 1 N–H and O–H groups in total. The minimum absolute atomic E-state index is 0.265. The highest BCUT2D eigenvalue weighted by Gasteiger charge is 2.08. The van der Waals surface area contributed by atoms with Gasteiger partial charge in [-0.05, 0) is 18.2 Å². The van der Waals surface area contributed by atoms with Crippen molar-refractivity contribution in [3.05, 3.63) is 29.6 Å². The van der Waals surface area contributed by atoms with Crippen LogP contribution < -0.4 is 10.1 Å². The lowest BCUT2D eigenvalue weighted by molar-refractivity contribution is 0.0813. The Morgan fingerprint density at radius 2 is 2.11 bits per heavy atom. The third kappa shape index (κ3) is 5.37. The predicted octanol–water partition coefficient (Wildman–Crippen LogP) is 2.21. The molecule has 0 aromatic heterocycles. The van der Waals surface area contributed by atoms with E-state index in [9.17, 15) is 13.2 Å². The average molecular weight is 263 g/mol. The van der Waals surface area contributed by atoms with Gasteiger partial charge in [0.15, 0.2) is 0 Å². The Morgan fingerprint density at radius 3 is 2.78 bits per heavy atom. The molecule has 0 atom stereocenters. The summed E-state index contributed by atoms with van der Waals surface area (Å²) in [6.07, 6.45) is -2.55. The van der Waals surface area contributed by atoms with Crippen molar-refractivity contribution in [1.82, 2.24) is 5.32 Å². The standard InChI is InChI=1S/C12H16F3NO2/c1-17-5-4-16-7-9-6-10(13)2-3-11(9)18-8-12(14)15/h2-3,6,12,16H,4-5,7-8H2,1H3. The summed E-state index contributed by atoms with van der Waals surface area (Å²) in [5.41, 5.74) is 0.506. The number of ether oxygens (including phenoxy) is 2. The van der Waals surface area contributed by atoms with Gasteiger partial charge in [0, 0.05) is 25.8 Å². The SMILES string of the molecule is COCCNCc1cc(F)ccc1OCC(F)F. The molecule has 3 nitrogen and oxygen atoms in total. The van der Waals surface area contributed by atoms with Crippen LogP contribution in [0.1, 0.15) is 5.56 Å². The van der Waals surface area contributed by atoms with Gasteiger partial charge in [0.2, 0.25) is 0 Å². The maximum Gasteiger partial charge on any atom is 0.272 e. The first-order valence-electron chi connectivity index (χ1n) is 5.52. The molecule has 0 amide bonds. The van der Waals surface area contributed by atoms with Crippen LogP contribution in [0.25, 0.3) is 0 Å². The van der Waals surface area contributed by atoms with Gasteiger partial charge in [0.05, 0.1) is 6.61 Å². The highest BCUT2D eigenvalue weighted by Crippen LogP contribution is 2.20. The minimum atomic E-state index is -2.55. The Labute approximate surface area is 104 Å². The highest BCUT2D eigenvalue weighted by molar-refractivity contribution is 5.33. The van der Waals surface area contributed by atoms with E-state index in [0.717, 1.165) is 0 Å². The summed E-state index contributed by atoms with van der Waals surface area (Å²) in [5, 5.41) is 3.00. The van der Waals surface area contributed by atoms with E-state index in [-0.39, 0.29) is 5.75 Å². The van der Waals surface area contributed by atoms with Gasteiger partial charge in [-0.15, -0.1) is 0 Å². The monoisotopic (exact) mass is 263 g/mol. The van der Waals surface area contributed by atoms with Crippen LogP contribution in [0.3, 0.4) is 0 Å². The van der Waals surface area contributed by atoms with E-state index in [1.54, 1.807) is 7.11 Å². The van der Waals surface area contributed by atoms with E-state index < -0.39 is 18.8 Å². The Hall–Kier alpha value is -1.27. The van der Waals surface area contributed by atoms with Gasteiger partial charge >= 0.3 is 0 Å². The van der Waals surface area contributed by atoms with Crippen LogP contribution in [-0.4, -0.2) is 33.3 Å². The van der Waals surface area contributed by atoms with E-state index in [2.05, 4.69) is 5.32 Å². The minimum Gasteiger partial charge on any atom is -0.487 e. The first-order valence-corrected chi connectivity index (χ1v) is 5.52. The highest BCUT2D eigenvalue weighted by atomic mass is 19.3. The van der Waals surface area contributed by atoms with Crippen LogP contribution in [0.5, 0.6) is 5.75 Å². The van der Waals surface area contributed by atoms with Crippen molar-refractivity contribution in [2.75, 3.05) is 26.9 Å². The van der Waals surface area contributed by atoms with Gasteiger partial charge in [-0.25, -0.2) is 13.2 Å². The summed E-state index contributed by atoms with van der Waals surface area (Å²) in [4.78, 5) is 0. The van der Waals surface area contributed by atoms with E-state index >= 15 is 0 Å². The lowest BCUT2D eigenvalue weighted by Crippen LogP contribution is -2.19. The average Bonchev–Trinajstić information content (AvgIpc) is 2.33. The molecule has 0 saturated carbocycles. The van der Waals surface area contributed by atoms with Crippen molar-refractivity contribution in [1.29, 1.82) is 0 Å². The van der Waals surface area contributed by atoms with Crippen LogP contribution >= 0.6 is 0 Å². The third-order valence-corrected chi connectivity index (χ3v) is 2.19. The zero-order valence-electron chi connectivity index (χ0n) is 10.1. The van der Waals surface area contributed by atoms with Gasteiger partial charge in [-0.1, -0.05) is 0 Å².